The third-order valence-electron chi connectivity index (χ3n) is 31.1. The van der Waals surface area contributed by atoms with Crippen LogP contribution in [0.25, 0.3) is 0 Å². The summed E-state index contributed by atoms with van der Waals surface area (Å²) in [6.45, 7) is 30.3. The monoisotopic (exact) mass is 1660 g/mol. The first-order valence-corrected chi connectivity index (χ1v) is 49.1. The molecule has 650 valence electrons. The van der Waals surface area contributed by atoms with Gasteiger partial charge in [0.05, 0.1) is 118 Å². The van der Waals surface area contributed by atoms with Crippen molar-refractivity contribution < 1.29 is 85.0 Å². The summed E-state index contributed by atoms with van der Waals surface area (Å²) < 4.78 is 74.9. The molecule has 0 unspecified atom stereocenters. The molecule has 0 amide bonds. The third-order valence-corrected chi connectivity index (χ3v) is 41.2. The van der Waals surface area contributed by atoms with E-state index in [1.54, 1.807) is 0 Å². The highest BCUT2D eigenvalue weighted by Crippen LogP contribution is 2.70. The zero-order valence-electron chi connectivity index (χ0n) is 73.4. The molecule has 8 saturated carbocycles. The molecule has 0 saturated heterocycles. The topological polar surface area (TPSA) is 213 Å². The average Bonchev–Trinajstić information content (AvgIpc) is 1.48. The lowest BCUT2D eigenvalue weighted by Gasteiger charge is -2.60. The van der Waals surface area contributed by atoms with E-state index in [-0.39, 0.29) is 83.2 Å². The Hall–Kier alpha value is -5.47. The zero-order valence-corrected chi connectivity index (χ0v) is 75.4. The Bertz CT molecular complexity index is 3560. The van der Waals surface area contributed by atoms with Gasteiger partial charge in [0.2, 0.25) is 23.8 Å². The van der Waals surface area contributed by atoms with Gasteiger partial charge in [-0.25, -0.2) is 0 Å². The van der Waals surface area contributed by atoms with Gasteiger partial charge in [0.15, 0.2) is 0 Å². The molecule has 12 rings (SSSR count). The van der Waals surface area contributed by atoms with Gasteiger partial charge in [-0.3, -0.25) is 28.8 Å². The molecule has 8 aliphatic rings. The minimum absolute atomic E-state index is 0.00396. The summed E-state index contributed by atoms with van der Waals surface area (Å²) in [5.41, 5.74) is -0.122. The van der Waals surface area contributed by atoms with Gasteiger partial charge in [-0.15, -0.1) is 0 Å². The van der Waals surface area contributed by atoms with Gasteiger partial charge in [0.25, 0.3) is 16.6 Å². The van der Waals surface area contributed by atoms with E-state index in [0.717, 1.165) is 89.9 Å². The van der Waals surface area contributed by atoms with Crippen LogP contribution in [0, 0.1) is 92.7 Å². The molecule has 0 N–H and O–H groups in total. The molecule has 4 aromatic rings. The van der Waals surface area contributed by atoms with Crippen LogP contribution in [0.1, 0.15) is 199 Å². The van der Waals surface area contributed by atoms with E-state index in [1.807, 2.05) is 38.1 Å². The fourth-order valence-corrected chi connectivity index (χ4v) is 34.2. The standard InChI is InChI=1S/C98H142O18Si2/c1-69(81-37-39-83-79-35-33-71-65-73(99)41-45-95(71,9)85(79)43-47-97(81,83)11)91(103)115-89(87(101)67-111-59-57-107-51-49-105-53-55-109-61-63-113-117(93(3,4)5,75-25-17-13-18-26-75)76-27-19-14-20-28-76)90(116-92(104)70(2)82-38-40-84-80-36-34-72-66-74(100)42-46-96(72,10)86(80)44-48-98(82,84)12)88(102)68-112-60-58-108-52-50-106-54-56-110-62-64-114-118(94(6,7)8,77-29-21-15-22-30-77)78-31-23-16-24-32-78/h13-32,69-72,79-86,89-90H,33-68H2,1-12H3/t69-,70-,71-,72-,79-,80-,81+,82+,83-,84-,85-,86-,89+,90+,95-,96-,97+,98+/m0/s1. The number of ketones is 4. The smallest absolute Gasteiger partial charge is 0.309 e. The predicted molar refractivity (Wildman–Crippen MR) is 462 cm³/mol. The molecule has 0 spiro atoms. The second-order valence-electron chi connectivity index (χ2n) is 39.3. The minimum atomic E-state index is -2.70. The molecule has 8 fully saturated rings. The summed E-state index contributed by atoms with van der Waals surface area (Å²) in [6, 6.07) is 42.2. The highest BCUT2D eigenvalue weighted by Gasteiger charge is 2.64. The van der Waals surface area contributed by atoms with Crippen molar-refractivity contribution in [3.05, 3.63) is 121 Å². The van der Waals surface area contributed by atoms with Crippen LogP contribution in [0.15, 0.2) is 121 Å². The van der Waals surface area contributed by atoms with Crippen LogP contribution in [-0.2, 0) is 85.0 Å². The van der Waals surface area contributed by atoms with Gasteiger partial charge in [-0.05, 0) is 202 Å². The molecule has 18 nitrogen and oxygen atoms in total. The van der Waals surface area contributed by atoms with E-state index in [9.17, 15) is 9.59 Å². The maximum Gasteiger partial charge on any atom is 0.309 e. The van der Waals surface area contributed by atoms with Crippen LogP contribution in [0.2, 0.25) is 10.1 Å². The van der Waals surface area contributed by atoms with Crippen molar-refractivity contribution >= 4 is 72.5 Å². The number of Topliss-reactive ketones (excluding diaryl/α,β-unsaturated/α-hetero) is 4. The molecule has 4 aromatic carbocycles. The van der Waals surface area contributed by atoms with Gasteiger partial charge in [0, 0.05) is 25.7 Å². The lowest BCUT2D eigenvalue weighted by Crippen LogP contribution is -2.66. The lowest BCUT2D eigenvalue weighted by atomic mass is 9.44. The second kappa shape index (κ2) is 40.9. The zero-order chi connectivity index (χ0) is 83.9. The van der Waals surface area contributed by atoms with E-state index in [2.05, 4.69) is 166 Å². The summed E-state index contributed by atoms with van der Waals surface area (Å²) >= 11 is 0. The van der Waals surface area contributed by atoms with Crippen molar-refractivity contribution in [2.45, 2.75) is 221 Å². The molecular formula is C98H142O18Si2. The molecule has 0 heterocycles. The van der Waals surface area contributed by atoms with Crippen LogP contribution in [0.3, 0.4) is 0 Å². The van der Waals surface area contributed by atoms with Crippen LogP contribution in [0.4, 0.5) is 0 Å². The molecule has 0 aromatic heterocycles. The molecule has 18 atom stereocenters. The van der Waals surface area contributed by atoms with E-state index in [1.165, 1.54) is 20.7 Å². The number of esters is 2. The Balaban J connectivity index is 0.674. The lowest BCUT2D eigenvalue weighted by molar-refractivity contribution is -0.185. The van der Waals surface area contributed by atoms with Crippen LogP contribution >= 0.6 is 0 Å². The fourth-order valence-electron chi connectivity index (χ4n) is 25.1. The highest BCUT2D eigenvalue weighted by molar-refractivity contribution is 7.00. The summed E-state index contributed by atoms with van der Waals surface area (Å²) in [6.07, 6.45) is 12.7. The van der Waals surface area contributed by atoms with Crippen molar-refractivity contribution in [1.82, 2.24) is 0 Å². The van der Waals surface area contributed by atoms with Gasteiger partial charge < -0.3 is 56.2 Å². The third kappa shape index (κ3) is 20.2. The van der Waals surface area contributed by atoms with Gasteiger partial charge in [-0.2, -0.15) is 0 Å². The van der Waals surface area contributed by atoms with Gasteiger partial charge >= 0.3 is 11.9 Å². The first-order chi connectivity index (χ1) is 56.6. The Labute approximate surface area is 707 Å². The molecule has 118 heavy (non-hydrogen) atoms. The molecule has 20 heteroatoms. The van der Waals surface area contributed by atoms with Crippen LogP contribution in [-0.4, -0.2) is 183 Å². The molecule has 0 aliphatic heterocycles. The number of fused-ring (bicyclic) bond motifs is 10. The number of carbonyl (C=O) groups excluding carboxylic acids is 6. The van der Waals surface area contributed by atoms with Crippen molar-refractivity contribution in [2.75, 3.05) is 119 Å². The first-order valence-electron chi connectivity index (χ1n) is 45.2. The Kier molecular flexibility index (Phi) is 31.8. The Morgan fingerprint density at radius 2 is 0.636 bits per heavy atom. The van der Waals surface area contributed by atoms with Crippen molar-refractivity contribution in [1.29, 1.82) is 0 Å². The number of ether oxygens (including phenoxy) is 10. The minimum Gasteiger partial charge on any atom is -0.449 e. The predicted octanol–water partition coefficient (Wildman–Crippen LogP) is 15.0. The molecular weight excluding hydrogens is 1520 g/mol. The summed E-state index contributed by atoms with van der Waals surface area (Å²) in [5, 5.41) is 4.55. The summed E-state index contributed by atoms with van der Waals surface area (Å²) in [4.78, 5) is 86.8. The number of rotatable bonds is 43. The maximum atomic E-state index is 15.4. The van der Waals surface area contributed by atoms with Crippen LogP contribution < -0.4 is 20.7 Å². The summed E-state index contributed by atoms with van der Waals surface area (Å²) in [5.74, 6) is 0.299. The number of hydrogen-bond donors (Lipinski definition) is 0. The van der Waals surface area contributed by atoms with Gasteiger partial charge in [0.1, 0.15) is 24.8 Å². The first kappa shape index (κ1) is 91.7. The highest BCUT2D eigenvalue weighted by atomic mass is 28.4. The summed E-state index contributed by atoms with van der Waals surface area (Å²) in [7, 11) is -5.40. The Morgan fingerprint density at radius 3 is 0.932 bits per heavy atom. The van der Waals surface area contributed by atoms with Crippen LogP contribution in [0.5, 0.6) is 0 Å². The molecule has 0 radical (unpaired) electrons. The number of benzene rings is 4. The second-order valence-corrected chi connectivity index (χ2v) is 47.9. The maximum absolute atomic E-state index is 15.4. The number of hydrogen-bond acceptors (Lipinski definition) is 18. The molecule has 0 bridgehead atoms. The fraction of sp³-hybridized carbons (Fsp3) is 0.694. The number of carbonyl (C=O) groups is 6. The van der Waals surface area contributed by atoms with E-state index < -0.39 is 77.4 Å². The van der Waals surface area contributed by atoms with E-state index >= 15 is 19.2 Å². The Morgan fingerprint density at radius 1 is 0.356 bits per heavy atom. The quantitative estimate of drug-likeness (QED) is 0.0229. The van der Waals surface area contributed by atoms with E-state index in [4.69, 9.17) is 56.2 Å². The average molecular weight is 1660 g/mol. The molecule has 8 aliphatic carbocycles. The largest absolute Gasteiger partial charge is 0.449 e. The van der Waals surface area contributed by atoms with Crippen molar-refractivity contribution in [2.24, 2.45) is 92.7 Å². The van der Waals surface area contributed by atoms with Gasteiger partial charge in [-0.1, -0.05) is 204 Å². The van der Waals surface area contributed by atoms with Crippen molar-refractivity contribution in [3.8, 4) is 0 Å². The SMILES string of the molecule is C[C@H](C(=O)O[C@H](C(=O)COCCOCCOCCOCCO[Si](c1ccccc1)(c1ccccc1)C(C)(C)C)[C@H](OC(=O)[C@@H](C)[C@H]1CC[C@H]2[C@@H]3CC[C@H]4CC(=O)CC[C@]4(C)[C@H]3CC[C@]12C)C(=O)COCCOCCOCCOCCO[Si](c1ccccc1)(c1ccccc1)C(C)(C)C)[C@H]1CC[C@H]2[C@@H]3CC[C@H]4CC(=O)CC[C@]4(C)[C@H]3CC[C@]12C. The van der Waals surface area contributed by atoms with Crippen molar-refractivity contribution in [3.63, 3.8) is 0 Å². The normalized spacial score (nSPS) is 29.4. The van der Waals surface area contributed by atoms with E-state index in [0.29, 0.717) is 151 Å².